The van der Waals surface area contributed by atoms with Gasteiger partial charge < -0.3 is 9.73 Å². The van der Waals surface area contributed by atoms with E-state index in [9.17, 15) is 8.42 Å². The van der Waals surface area contributed by atoms with Crippen molar-refractivity contribution in [3.63, 3.8) is 0 Å². The summed E-state index contributed by atoms with van der Waals surface area (Å²) in [4.78, 5) is 0. The standard InChI is InChI=1S/C15H26N2O3S/c1-3-14(12-7-5-4-6-8-12)17-21(18,19)15-10-9-13(20-15)11-16-2/h9-10,12,14,16-17H,3-8,11H2,1-2H3. The minimum Gasteiger partial charge on any atom is -0.447 e. The molecule has 0 spiro atoms. The normalized spacial score (nSPS) is 18.8. The molecule has 2 N–H and O–H groups in total. The summed E-state index contributed by atoms with van der Waals surface area (Å²) >= 11 is 0. The second-order valence-electron chi connectivity index (χ2n) is 5.79. The van der Waals surface area contributed by atoms with Gasteiger partial charge in [-0.2, -0.15) is 0 Å². The maximum absolute atomic E-state index is 12.4. The molecule has 2 rings (SSSR count). The van der Waals surface area contributed by atoms with Crippen molar-refractivity contribution < 1.29 is 12.8 Å². The first-order valence-electron chi connectivity index (χ1n) is 7.82. The molecule has 0 bridgehead atoms. The van der Waals surface area contributed by atoms with Crippen LogP contribution in [0.3, 0.4) is 0 Å². The summed E-state index contributed by atoms with van der Waals surface area (Å²) < 4.78 is 33.1. The van der Waals surface area contributed by atoms with Gasteiger partial charge in [0.25, 0.3) is 10.0 Å². The van der Waals surface area contributed by atoms with Gasteiger partial charge in [0, 0.05) is 6.04 Å². The van der Waals surface area contributed by atoms with Gasteiger partial charge in [0.2, 0.25) is 5.09 Å². The molecule has 6 heteroatoms. The quantitative estimate of drug-likeness (QED) is 0.811. The van der Waals surface area contributed by atoms with Crippen molar-refractivity contribution in [3.05, 3.63) is 17.9 Å². The third-order valence-corrected chi connectivity index (χ3v) is 5.58. The molecule has 1 unspecified atom stereocenters. The average molecular weight is 314 g/mol. The van der Waals surface area contributed by atoms with Crippen LogP contribution in [0.4, 0.5) is 0 Å². The summed E-state index contributed by atoms with van der Waals surface area (Å²) in [5.74, 6) is 1.08. The zero-order valence-electron chi connectivity index (χ0n) is 12.9. The lowest BCUT2D eigenvalue weighted by atomic mass is 9.83. The monoisotopic (exact) mass is 314 g/mol. The number of rotatable bonds is 7. The van der Waals surface area contributed by atoms with Crippen molar-refractivity contribution >= 4 is 10.0 Å². The Morgan fingerprint density at radius 2 is 2.00 bits per heavy atom. The molecule has 0 amide bonds. The zero-order chi connectivity index (χ0) is 15.3. The second-order valence-corrected chi connectivity index (χ2v) is 7.43. The summed E-state index contributed by atoms with van der Waals surface area (Å²) in [6.45, 7) is 2.56. The van der Waals surface area contributed by atoms with E-state index in [1.54, 1.807) is 13.1 Å². The van der Waals surface area contributed by atoms with E-state index in [1.807, 2.05) is 6.92 Å². The molecule has 0 aliphatic heterocycles. The maximum atomic E-state index is 12.4. The summed E-state index contributed by atoms with van der Waals surface area (Å²) in [7, 11) is -1.77. The highest BCUT2D eigenvalue weighted by molar-refractivity contribution is 7.89. The number of nitrogens with one attached hydrogen (secondary N) is 2. The summed E-state index contributed by atoms with van der Waals surface area (Å²) in [5, 5.41) is 2.96. The lowest BCUT2D eigenvalue weighted by Gasteiger charge is -2.29. The molecule has 0 saturated heterocycles. The molecule has 120 valence electrons. The van der Waals surface area contributed by atoms with Crippen LogP contribution in [0.15, 0.2) is 21.6 Å². The Balaban J connectivity index is 2.06. The Morgan fingerprint density at radius 1 is 1.29 bits per heavy atom. The van der Waals surface area contributed by atoms with Gasteiger partial charge in [0.05, 0.1) is 6.54 Å². The highest BCUT2D eigenvalue weighted by Crippen LogP contribution is 2.28. The molecule has 5 nitrogen and oxygen atoms in total. The lowest BCUT2D eigenvalue weighted by Crippen LogP contribution is -2.40. The molecule has 1 aliphatic rings. The Labute approximate surface area is 127 Å². The van der Waals surface area contributed by atoms with E-state index in [2.05, 4.69) is 10.0 Å². The third-order valence-electron chi connectivity index (χ3n) is 4.22. The maximum Gasteiger partial charge on any atom is 0.274 e. The van der Waals surface area contributed by atoms with Crippen LogP contribution in [0, 0.1) is 5.92 Å². The van der Waals surface area contributed by atoms with Crippen molar-refractivity contribution in [2.45, 2.75) is 63.1 Å². The fourth-order valence-corrected chi connectivity index (χ4v) is 4.42. The average Bonchev–Trinajstić information content (AvgIpc) is 2.96. The fraction of sp³-hybridized carbons (Fsp3) is 0.733. The molecule has 1 heterocycles. The predicted molar refractivity (Wildman–Crippen MR) is 82.4 cm³/mol. The molecular formula is C15H26N2O3S. The van der Waals surface area contributed by atoms with E-state index in [-0.39, 0.29) is 11.1 Å². The van der Waals surface area contributed by atoms with Crippen LogP contribution < -0.4 is 10.0 Å². The van der Waals surface area contributed by atoms with Crippen molar-refractivity contribution in [2.75, 3.05) is 7.05 Å². The molecule has 0 aromatic carbocycles. The van der Waals surface area contributed by atoms with E-state index in [4.69, 9.17) is 4.42 Å². The topological polar surface area (TPSA) is 71.3 Å². The van der Waals surface area contributed by atoms with E-state index in [1.165, 1.54) is 25.3 Å². The highest BCUT2D eigenvalue weighted by atomic mass is 32.2. The van der Waals surface area contributed by atoms with E-state index >= 15 is 0 Å². The highest BCUT2D eigenvalue weighted by Gasteiger charge is 2.28. The van der Waals surface area contributed by atoms with Gasteiger partial charge in [-0.15, -0.1) is 0 Å². The molecule has 1 aromatic heterocycles. The third kappa shape index (κ3) is 4.31. The molecular weight excluding hydrogens is 288 g/mol. The molecule has 1 aliphatic carbocycles. The van der Waals surface area contributed by atoms with Gasteiger partial charge in [-0.3, -0.25) is 0 Å². The van der Waals surface area contributed by atoms with Crippen LogP contribution in [0.2, 0.25) is 0 Å². The van der Waals surface area contributed by atoms with Gasteiger partial charge in [0.15, 0.2) is 0 Å². The summed E-state index contributed by atoms with van der Waals surface area (Å²) in [6.07, 6.45) is 6.72. The Kier molecular flexibility index (Phi) is 5.84. The van der Waals surface area contributed by atoms with E-state index in [0.717, 1.165) is 19.3 Å². The van der Waals surface area contributed by atoms with Crippen molar-refractivity contribution in [1.29, 1.82) is 0 Å². The molecule has 1 atom stereocenters. The summed E-state index contributed by atoms with van der Waals surface area (Å²) in [6, 6.07) is 3.24. The van der Waals surface area contributed by atoms with E-state index < -0.39 is 10.0 Å². The smallest absolute Gasteiger partial charge is 0.274 e. The number of hydrogen-bond acceptors (Lipinski definition) is 4. The minimum atomic E-state index is -3.56. The molecule has 0 radical (unpaired) electrons. The SMILES string of the molecule is CCC(NS(=O)(=O)c1ccc(CNC)o1)C1CCCCC1. The molecule has 1 aromatic rings. The van der Waals surface area contributed by atoms with Gasteiger partial charge in [0.1, 0.15) is 5.76 Å². The number of sulfonamides is 1. The van der Waals surface area contributed by atoms with Crippen molar-refractivity contribution in [1.82, 2.24) is 10.0 Å². The second kappa shape index (κ2) is 7.42. The van der Waals surface area contributed by atoms with Gasteiger partial charge >= 0.3 is 0 Å². The molecule has 21 heavy (non-hydrogen) atoms. The van der Waals surface area contributed by atoms with Crippen LogP contribution in [0.1, 0.15) is 51.2 Å². The van der Waals surface area contributed by atoms with Crippen molar-refractivity contribution in [2.24, 2.45) is 5.92 Å². The first-order valence-corrected chi connectivity index (χ1v) is 9.30. The van der Waals surface area contributed by atoms with Gasteiger partial charge in [-0.25, -0.2) is 13.1 Å². The Bertz CT molecular complexity index is 533. The number of furan rings is 1. The lowest BCUT2D eigenvalue weighted by molar-refractivity contribution is 0.283. The van der Waals surface area contributed by atoms with Gasteiger partial charge in [-0.1, -0.05) is 26.2 Å². The van der Waals surface area contributed by atoms with Crippen LogP contribution >= 0.6 is 0 Å². The Hall–Kier alpha value is -0.850. The largest absolute Gasteiger partial charge is 0.447 e. The first-order chi connectivity index (χ1) is 10.1. The Morgan fingerprint density at radius 3 is 2.62 bits per heavy atom. The summed E-state index contributed by atoms with van der Waals surface area (Å²) in [5.41, 5.74) is 0. The van der Waals surface area contributed by atoms with Crippen molar-refractivity contribution in [3.8, 4) is 0 Å². The van der Waals surface area contributed by atoms with Crippen LogP contribution in [0.5, 0.6) is 0 Å². The zero-order valence-corrected chi connectivity index (χ0v) is 13.7. The first kappa shape index (κ1) is 16.5. The van der Waals surface area contributed by atoms with Crippen LogP contribution in [-0.2, 0) is 16.6 Å². The van der Waals surface area contributed by atoms with E-state index in [0.29, 0.717) is 18.2 Å². The molecule has 1 fully saturated rings. The van der Waals surface area contributed by atoms with Crippen LogP contribution in [-0.4, -0.2) is 21.5 Å². The van der Waals surface area contributed by atoms with Crippen LogP contribution in [0.25, 0.3) is 0 Å². The fourth-order valence-electron chi connectivity index (χ4n) is 3.08. The molecule has 1 saturated carbocycles. The number of hydrogen-bond donors (Lipinski definition) is 2. The van der Waals surface area contributed by atoms with Gasteiger partial charge in [-0.05, 0) is 44.4 Å². The predicted octanol–water partition coefficient (Wildman–Crippen LogP) is 2.64. The minimum absolute atomic E-state index is 0.00755.